The fraction of sp³-hybridized carbons (Fsp3) is 0.500. The summed E-state index contributed by atoms with van der Waals surface area (Å²) in [7, 11) is 0. The Bertz CT molecular complexity index is 470. The van der Waals surface area contributed by atoms with Crippen LogP contribution in [0.5, 0.6) is 0 Å². The third-order valence-electron chi connectivity index (χ3n) is 3.19. The quantitative estimate of drug-likeness (QED) is 0.704. The SMILES string of the molecule is CC(C)CNC(=O)CCNC(=O)C(C)(N)c1ccccc1. The molecule has 1 aromatic carbocycles. The predicted octanol–water partition coefficient (Wildman–Crippen LogP) is 1.14. The summed E-state index contributed by atoms with van der Waals surface area (Å²) in [5, 5.41) is 5.52. The molecule has 1 aromatic rings. The number of hydrogen-bond donors (Lipinski definition) is 3. The van der Waals surface area contributed by atoms with Gasteiger partial charge in [0.15, 0.2) is 0 Å². The summed E-state index contributed by atoms with van der Waals surface area (Å²) in [6, 6.07) is 9.18. The van der Waals surface area contributed by atoms with Gasteiger partial charge in [-0.25, -0.2) is 0 Å². The third-order valence-corrected chi connectivity index (χ3v) is 3.19. The number of hydrogen-bond acceptors (Lipinski definition) is 3. The minimum Gasteiger partial charge on any atom is -0.356 e. The molecule has 5 heteroatoms. The van der Waals surface area contributed by atoms with E-state index in [0.29, 0.717) is 12.5 Å². The summed E-state index contributed by atoms with van der Waals surface area (Å²) in [4.78, 5) is 23.7. The van der Waals surface area contributed by atoms with Crippen LogP contribution >= 0.6 is 0 Å². The van der Waals surface area contributed by atoms with Crippen molar-refractivity contribution >= 4 is 11.8 Å². The maximum absolute atomic E-state index is 12.1. The van der Waals surface area contributed by atoms with Crippen molar-refractivity contribution in [1.82, 2.24) is 10.6 Å². The smallest absolute Gasteiger partial charge is 0.244 e. The van der Waals surface area contributed by atoms with E-state index in [4.69, 9.17) is 5.73 Å². The lowest BCUT2D eigenvalue weighted by atomic mass is 9.92. The Morgan fingerprint density at radius 1 is 1.19 bits per heavy atom. The van der Waals surface area contributed by atoms with Gasteiger partial charge in [0, 0.05) is 19.5 Å². The largest absolute Gasteiger partial charge is 0.356 e. The van der Waals surface area contributed by atoms with Crippen molar-refractivity contribution in [2.45, 2.75) is 32.7 Å². The van der Waals surface area contributed by atoms with E-state index in [0.717, 1.165) is 5.56 Å². The monoisotopic (exact) mass is 291 g/mol. The van der Waals surface area contributed by atoms with Crippen LogP contribution in [0.15, 0.2) is 30.3 Å². The Morgan fingerprint density at radius 2 is 1.81 bits per heavy atom. The minimum atomic E-state index is -1.10. The van der Waals surface area contributed by atoms with E-state index in [-0.39, 0.29) is 24.8 Å². The van der Waals surface area contributed by atoms with Crippen LogP contribution in [0.25, 0.3) is 0 Å². The standard InChI is InChI=1S/C16H25N3O2/c1-12(2)11-19-14(20)9-10-18-15(21)16(3,17)13-7-5-4-6-8-13/h4-8,12H,9-11,17H2,1-3H3,(H,18,21)(H,19,20). The highest BCUT2D eigenvalue weighted by Gasteiger charge is 2.29. The van der Waals surface area contributed by atoms with Gasteiger partial charge in [0.2, 0.25) is 11.8 Å². The van der Waals surface area contributed by atoms with Crippen LogP contribution in [0, 0.1) is 5.92 Å². The Balaban J connectivity index is 2.42. The number of rotatable bonds is 7. The molecule has 2 amide bonds. The Hall–Kier alpha value is -1.88. The summed E-state index contributed by atoms with van der Waals surface area (Å²) in [6.07, 6.45) is 0.253. The van der Waals surface area contributed by atoms with Gasteiger partial charge in [-0.3, -0.25) is 9.59 Å². The summed E-state index contributed by atoms with van der Waals surface area (Å²) < 4.78 is 0. The number of nitrogens with one attached hydrogen (secondary N) is 2. The van der Waals surface area contributed by atoms with Gasteiger partial charge in [-0.15, -0.1) is 0 Å². The molecule has 1 rings (SSSR count). The first-order valence-electron chi connectivity index (χ1n) is 7.23. The van der Waals surface area contributed by atoms with E-state index in [9.17, 15) is 9.59 Å². The zero-order chi connectivity index (χ0) is 15.9. The highest BCUT2D eigenvalue weighted by molar-refractivity contribution is 5.87. The average molecular weight is 291 g/mol. The molecule has 0 aromatic heterocycles. The van der Waals surface area contributed by atoms with Gasteiger partial charge in [0.05, 0.1) is 0 Å². The van der Waals surface area contributed by atoms with Gasteiger partial charge in [-0.1, -0.05) is 44.2 Å². The van der Waals surface area contributed by atoms with Crippen LogP contribution in [0.2, 0.25) is 0 Å². The van der Waals surface area contributed by atoms with Gasteiger partial charge >= 0.3 is 0 Å². The average Bonchev–Trinajstić information content (AvgIpc) is 2.45. The van der Waals surface area contributed by atoms with Crippen molar-refractivity contribution in [3.05, 3.63) is 35.9 Å². The highest BCUT2D eigenvalue weighted by atomic mass is 16.2. The Labute approximate surface area is 126 Å². The van der Waals surface area contributed by atoms with Gasteiger partial charge in [0.1, 0.15) is 5.54 Å². The van der Waals surface area contributed by atoms with E-state index >= 15 is 0 Å². The zero-order valence-electron chi connectivity index (χ0n) is 13.0. The topological polar surface area (TPSA) is 84.2 Å². The van der Waals surface area contributed by atoms with Crippen LogP contribution in [0.4, 0.5) is 0 Å². The molecule has 0 saturated carbocycles. The normalized spacial score (nSPS) is 13.6. The van der Waals surface area contributed by atoms with E-state index in [1.165, 1.54) is 0 Å². The first-order chi connectivity index (χ1) is 9.84. The van der Waals surface area contributed by atoms with Crippen LogP contribution < -0.4 is 16.4 Å². The molecule has 1 atom stereocenters. The van der Waals surface area contributed by atoms with Gasteiger partial charge in [-0.2, -0.15) is 0 Å². The second-order valence-corrected chi connectivity index (χ2v) is 5.77. The first kappa shape index (κ1) is 17.2. The summed E-state index contributed by atoms with van der Waals surface area (Å²) in [5.41, 5.74) is 5.73. The van der Waals surface area contributed by atoms with E-state index in [1.54, 1.807) is 6.92 Å². The van der Waals surface area contributed by atoms with Crippen LogP contribution in [-0.4, -0.2) is 24.9 Å². The van der Waals surface area contributed by atoms with E-state index in [2.05, 4.69) is 10.6 Å². The molecule has 21 heavy (non-hydrogen) atoms. The van der Waals surface area contributed by atoms with Crippen LogP contribution in [0.1, 0.15) is 32.8 Å². The second-order valence-electron chi connectivity index (χ2n) is 5.77. The maximum atomic E-state index is 12.1. The number of benzene rings is 1. The van der Waals surface area contributed by atoms with Crippen molar-refractivity contribution in [2.75, 3.05) is 13.1 Å². The lowest BCUT2D eigenvalue weighted by Crippen LogP contribution is -2.49. The van der Waals surface area contributed by atoms with Crippen molar-refractivity contribution in [3.8, 4) is 0 Å². The summed E-state index contributed by atoms with van der Waals surface area (Å²) >= 11 is 0. The van der Waals surface area contributed by atoms with Crippen molar-refractivity contribution < 1.29 is 9.59 Å². The molecule has 0 aliphatic heterocycles. The molecule has 0 aliphatic carbocycles. The number of nitrogens with two attached hydrogens (primary N) is 1. The minimum absolute atomic E-state index is 0.0672. The number of carbonyl (C=O) groups is 2. The van der Waals surface area contributed by atoms with Crippen molar-refractivity contribution in [2.24, 2.45) is 11.7 Å². The molecule has 0 bridgehead atoms. The molecule has 116 valence electrons. The molecule has 0 heterocycles. The lowest BCUT2D eigenvalue weighted by Gasteiger charge is -2.24. The molecule has 5 nitrogen and oxygen atoms in total. The van der Waals surface area contributed by atoms with E-state index in [1.807, 2.05) is 44.2 Å². The third kappa shape index (κ3) is 5.55. The van der Waals surface area contributed by atoms with Gasteiger partial charge in [-0.05, 0) is 18.4 Å². The number of amides is 2. The zero-order valence-corrected chi connectivity index (χ0v) is 13.0. The fourth-order valence-electron chi connectivity index (χ4n) is 1.79. The molecule has 0 fully saturated rings. The first-order valence-corrected chi connectivity index (χ1v) is 7.23. The molecule has 4 N–H and O–H groups in total. The predicted molar refractivity (Wildman–Crippen MR) is 83.5 cm³/mol. The lowest BCUT2D eigenvalue weighted by molar-refractivity contribution is -0.126. The summed E-state index contributed by atoms with van der Waals surface area (Å²) in [5.74, 6) is 0.0572. The molecule has 0 saturated heterocycles. The van der Waals surface area contributed by atoms with E-state index < -0.39 is 5.54 Å². The molecular formula is C16H25N3O2. The molecule has 0 aliphatic rings. The van der Waals surface area contributed by atoms with Crippen molar-refractivity contribution in [1.29, 1.82) is 0 Å². The molecular weight excluding hydrogens is 266 g/mol. The Morgan fingerprint density at radius 3 is 2.38 bits per heavy atom. The van der Waals surface area contributed by atoms with Crippen molar-refractivity contribution in [3.63, 3.8) is 0 Å². The highest BCUT2D eigenvalue weighted by Crippen LogP contribution is 2.17. The molecule has 0 spiro atoms. The number of carbonyl (C=O) groups excluding carboxylic acids is 2. The molecule has 0 radical (unpaired) electrons. The molecule has 1 unspecified atom stereocenters. The van der Waals surface area contributed by atoms with Crippen LogP contribution in [0.3, 0.4) is 0 Å². The van der Waals surface area contributed by atoms with Gasteiger partial charge < -0.3 is 16.4 Å². The second kappa shape index (κ2) is 7.78. The fourth-order valence-corrected chi connectivity index (χ4v) is 1.79. The maximum Gasteiger partial charge on any atom is 0.244 e. The Kier molecular flexibility index (Phi) is 6.37. The van der Waals surface area contributed by atoms with Gasteiger partial charge in [0.25, 0.3) is 0 Å². The summed E-state index contributed by atoms with van der Waals surface area (Å²) in [6.45, 7) is 6.65. The van der Waals surface area contributed by atoms with Crippen LogP contribution in [-0.2, 0) is 15.1 Å².